The second kappa shape index (κ2) is 6.40. The molecule has 1 aliphatic rings. The summed E-state index contributed by atoms with van der Waals surface area (Å²) in [6.07, 6.45) is 0.953. The number of nitrogens with one attached hydrogen (secondary N) is 1. The second-order valence-electron chi connectivity index (χ2n) is 5.96. The highest BCUT2D eigenvalue weighted by Crippen LogP contribution is 2.29. The van der Waals surface area contributed by atoms with Crippen LogP contribution < -0.4 is 0 Å². The Balaban J connectivity index is 1.54. The predicted molar refractivity (Wildman–Crippen MR) is 94.4 cm³/mol. The molecule has 0 aliphatic carbocycles. The van der Waals surface area contributed by atoms with Crippen LogP contribution in [0, 0.1) is 17.7 Å². The summed E-state index contributed by atoms with van der Waals surface area (Å²) in [4.78, 5) is 8.04. The van der Waals surface area contributed by atoms with Crippen molar-refractivity contribution in [3.8, 4) is 11.8 Å². The highest BCUT2D eigenvalue weighted by atomic mass is 32.1. The van der Waals surface area contributed by atoms with Crippen LogP contribution in [0.4, 0.5) is 4.39 Å². The number of rotatable bonds is 2. The Kier molecular flexibility index (Phi) is 4.11. The lowest BCUT2D eigenvalue weighted by atomic mass is 10.0. The third-order valence-corrected chi connectivity index (χ3v) is 5.33. The highest BCUT2D eigenvalue weighted by Gasteiger charge is 2.21. The molecule has 4 rings (SSSR count). The summed E-state index contributed by atoms with van der Waals surface area (Å²) in [6, 6.07) is 9.04. The van der Waals surface area contributed by atoms with Gasteiger partial charge in [-0.05, 0) is 35.9 Å². The van der Waals surface area contributed by atoms with Gasteiger partial charge in [-0.1, -0.05) is 11.8 Å². The van der Waals surface area contributed by atoms with Gasteiger partial charge in [0.15, 0.2) is 0 Å². The van der Waals surface area contributed by atoms with Crippen LogP contribution in [0.15, 0.2) is 30.3 Å². The minimum Gasteiger partial charge on any atom is -0.384 e. The van der Waals surface area contributed by atoms with E-state index in [9.17, 15) is 4.39 Å². The monoisotopic (exact) mass is 340 g/mol. The molecule has 0 amide bonds. The molecule has 3 aromatic rings. The number of aromatic amines is 1. The lowest BCUT2D eigenvalue weighted by Crippen LogP contribution is -2.29. The van der Waals surface area contributed by atoms with Crippen molar-refractivity contribution in [1.29, 1.82) is 0 Å². The van der Waals surface area contributed by atoms with Gasteiger partial charge in [0.2, 0.25) is 0 Å². The lowest BCUT2D eigenvalue weighted by Gasteiger charge is -2.26. The van der Waals surface area contributed by atoms with Crippen molar-refractivity contribution >= 4 is 22.2 Å². The molecular weight excluding hydrogens is 323 g/mol. The zero-order chi connectivity index (χ0) is 16.5. The normalized spacial score (nSPS) is 14.4. The van der Waals surface area contributed by atoms with Gasteiger partial charge >= 0.3 is 0 Å². The maximum Gasteiger partial charge on any atom is 0.123 e. The number of benzene rings is 1. The van der Waals surface area contributed by atoms with E-state index in [1.54, 1.807) is 17.4 Å². The van der Waals surface area contributed by atoms with Crippen LogP contribution in [0.2, 0.25) is 0 Å². The number of H-pyrrole nitrogens is 1. The zero-order valence-corrected chi connectivity index (χ0v) is 13.9. The molecule has 0 radical (unpaired) electrons. The summed E-state index contributed by atoms with van der Waals surface area (Å²) in [5.74, 6) is 5.44. The third kappa shape index (κ3) is 2.96. The fourth-order valence-corrected chi connectivity index (χ4v) is 4.18. The molecule has 0 saturated carbocycles. The quantitative estimate of drug-likeness (QED) is 0.703. The topological polar surface area (TPSA) is 39.3 Å². The first-order valence-electron chi connectivity index (χ1n) is 7.93. The third-order valence-electron chi connectivity index (χ3n) is 4.35. The Labute approximate surface area is 143 Å². The lowest BCUT2D eigenvalue weighted by molar-refractivity contribution is 0.248. The van der Waals surface area contributed by atoms with E-state index in [1.807, 2.05) is 12.1 Å². The Hall–Kier alpha value is -2.13. The maximum absolute atomic E-state index is 13.6. The predicted octanol–water partition coefficient (Wildman–Crippen LogP) is 3.27. The highest BCUT2D eigenvalue weighted by molar-refractivity contribution is 7.12. The molecule has 122 valence electrons. The van der Waals surface area contributed by atoms with Crippen LogP contribution in [0.25, 0.3) is 10.9 Å². The van der Waals surface area contributed by atoms with Gasteiger partial charge in [0.1, 0.15) is 12.4 Å². The standard InChI is InChI=1S/C19H17FN2OS/c20-13-3-6-18-16(10-13)17-12-22(8-7-19(17)21-18)11-15-5-4-14(24-15)2-1-9-23/h3-6,10,21,23H,7-9,11-12H2. The summed E-state index contributed by atoms with van der Waals surface area (Å²) in [5, 5.41) is 9.76. The fraction of sp³-hybridized carbons (Fsp3) is 0.263. The van der Waals surface area contributed by atoms with Crippen LogP contribution in [0.1, 0.15) is 21.0 Å². The first kappa shape index (κ1) is 15.4. The van der Waals surface area contributed by atoms with Gasteiger partial charge in [-0.15, -0.1) is 11.3 Å². The maximum atomic E-state index is 13.6. The summed E-state index contributed by atoms with van der Waals surface area (Å²) in [7, 11) is 0. The molecule has 0 unspecified atom stereocenters. The fourth-order valence-electron chi connectivity index (χ4n) is 3.25. The number of aromatic nitrogens is 1. The van der Waals surface area contributed by atoms with Gasteiger partial charge in [-0.3, -0.25) is 4.90 Å². The van der Waals surface area contributed by atoms with Gasteiger partial charge in [0, 0.05) is 47.5 Å². The van der Waals surface area contributed by atoms with Gasteiger partial charge in [-0.2, -0.15) is 0 Å². The molecular formula is C19H17FN2OS. The van der Waals surface area contributed by atoms with E-state index < -0.39 is 0 Å². The number of hydrogen-bond acceptors (Lipinski definition) is 3. The van der Waals surface area contributed by atoms with Crippen molar-refractivity contribution in [3.63, 3.8) is 0 Å². The number of aliphatic hydroxyl groups excluding tert-OH is 1. The molecule has 0 fully saturated rings. The van der Waals surface area contributed by atoms with Crippen LogP contribution in [0.3, 0.4) is 0 Å². The van der Waals surface area contributed by atoms with E-state index in [4.69, 9.17) is 5.11 Å². The zero-order valence-electron chi connectivity index (χ0n) is 13.1. The molecule has 3 heterocycles. The van der Waals surface area contributed by atoms with Crippen molar-refractivity contribution in [1.82, 2.24) is 9.88 Å². The van der Waals surface area contributed by atoms with Gasteiger partial charge in [0.05, 0.1) is 4.88 Å². The Morgan fingerprint density at radius 2 is 2.21 bits per heavy atom. The molecule has 0 bridgehead atoms. The van der Waals surface area contributed by atoms with E-state index >= 15 is 0 Å². The van der Waals surface area contributed by atoms with E-state index in [2.05, 4.69) is 27.8 Å². The number of hydrogen-bond donors (Lipinski definition) is 2. The van der Waals surface area contributed by atoms with E-state index in [-0.39, 0.29) is 12.4 Å². The molecule has 1 aliphatic heterocycles. The average molecular weight is 340 g/mol. The smallest absolute Gasteiger partial charge is 0.123 e. The molecule has 0 spiro atoms. The van der Waals surface area contributed by atoms with Crippen molar-refractivity contribution in [2.24, 2.45) is 0 Å². The summed E-state index contributed by atoms with van der Waals surface area (Å²) >= 11 is 1.66. The van der Waals surface area contributed by atoms with Gasteiger partial charge in [0.25, 0.3) is 0 Å². The number of fused-ring (bicyclic) bond motifs is 3. The van der Waals surface area contributed by atoms with Crippen molar-refractivity contribution in [2.75, 3.05) is 13.2 Å². The summed E-state index contributed by atoms with van der Waals surface area (Å²) in [5.41, 5.74) is 3.46. The average Bonchev–Trinajstić information content (AvgIpc) is 3.17. The first-order chi connectivity index (χ1) is 11.7. The van der Waals surface area contributed by atoms with Crippen LogP contribution >= 0.6 is 11.3 Å². The SMILES string of the molecule is OCC#Cc1ccc(CN2CCc3[nH]c4ccc(F)cc4c3C2)s1. The number of thiophene rings is 1. The number of aliphatic hydroxyl groups is 1. The van der Waals surface area contributed by atoms with Crippen LogP contribution in [-0.4, -0.2) is 28.1 Å². The summed E-state index contributed by atoms with van der Waals surface area (Å²) in [6.45, 7) is 2.57. The van der Waals surface area contributed by atoms with Gasteiger partial charge in [-0.25, -0.2) is 4.39 Å². The van der Waals surface area contributed by atoms with Gasteiger partial charge < -0.3 is 10.1 Å². The van der Waals surface area contributed by atoms with E-state index in [0.717, 1.165) is 41.8 Å². The Morgan fingerprint density at radius 3 is 3.08 bits per heavy atom. The molecule has 2 aromatic heterocycles. The molecule has 5 heteroatoms. The number of nitrogens with zero attached hydrogens (tertiary/aromatic N) is 1. The Bertz CT molecular complexity index is 947. The molecule has 0 saturated heterocycles. The van der Waals surface area contributed by atoms with Crippen molar-refractivity contribution < 1.29 is 9.50 Å². The van der Waals surface area contributed by atoms with Crippen LogP contribution in [-0.2, 0) is 19.5 Å². The molecule has 3 nitrogen and oxygen atoms in total. The Morgan fingerprint density at radius 1 is 1.29 bits per heavy atom. The molecule has 1 aromatic carbocycles. The minimum atomic E-state index is -0.188. The van der Waals surface area contributed by atoms with Crippen LogP contribution in [0.5, 0.6) is 0 Å². The first-order valence-corrected chi connectivity index (χ1v) is 8.74. The molecule has 2 N–H and O–H groups in total. The molecule has 24 heavy (non-hydrogen) atoms. The number of halogens is 1. The van der Waals surface area contributed by atoms with Crippen molar-refractivity contribution in [2.45, 2.75) is 19.5 Å². The summed E-state index contributed by atoms with van der Waals surface area (Å²) < 4.78 is 13.6. The second-order valence-corrected chi connectivity index (χ2v) is 7.13. The minimum absolute atomic E-state index is 0.112. The van der Waals surface area contributed by atoms with E-state index in [0.29, 0.717) is 0 Å². The molecule has 0 atom stereocenters. The largest absolute Gasteiger partial charge is 0.384 e. The van der Waals surface area contributed by atoms with E-state index in [1.165, 1.54) is 22.2 Å². The van der Waals surface area contributed by atoms with Crippen molar-refractivity contribution in [3.05, 3.63) is 57.2 Å².